The third-order valence-electron chi connectivity index (χ3n) is 3.65. The number of hydrogen-bond acceptors (Lipinski definition) is 2. The van der Waals surface area contributed by atoms with Gasteiger partial charge in [-0.15, -0.1) is 0 Å². The first kappa shape index (κ1) is 18.4. The lowest BCUT2D eigenvalue weighted by molar-refractivity contribution is -0.895. The summed E-state index contributed by atoms with van der Waals surface area (Å²) in [4.78, 5) is 11.1. The van der Waals surface area contributed by atoms with Crippen LogP contribution in [-0.4, -0.2) is 54.0 Å². The van der Waals surface area contributed by atoms with E-state index in [-0.39, 0.29) is 12.0 Å². The Morgan fingerprint density at radius 2 is 1.74 bits per heavy atom. The predicted octanol–water partition coefficient (Wildman–Crippen LogP) is 2.50. The van der Waals surface area contributed by atoms with E-state index >= 15 is 0 Å². The van der Waals surface area contributed by atoms with E-state index in [0.29, 0.717) is 24.0 Å². The van der Waals surface area contributed by atoms with E-state index in [1.54, 1.807) is 0 Å². The summed E-state index contributed by atoms with van der Waals surface area (Å²) < 4.78 is 0.569. The lowest BCUT2D eigenvalue weighted by Gasteiger charge is -2.33. The summed E-state index contributed by atoms with van der Waals surface area (Å²) in [6, 6.07) is 0. The van der Waals surface area contributed by atoms with Crippen molar-refractivity contribution in [3.63, 3.8) is 0 Å². The number of hydrogen-bond donors (Lipinski definition) is 2. The summed E-state index contributed by atoms with van der Waals surface area (Å²) in [6.45, 7) is 5.29. The van der Waals surface area contributed by atoms with E-state index in [2.05, 4.69) is 6.92 Å². The van der Waals surface area contributed by atoms with Gasteiger partial charge in [0.2, 0.25) is 0 Å². The van der Waals surface area contributed by atoms with Gasteiger partial charge < -0.3 is 14.7 Å². The molecule has 0 amide bonds. The van der Waals surface area contributed by atoms with Gasteiger partial charge in [0, 0.05) is 0 Å². The van der Waals surface area contributed by atoms with Crippen molar-refractivity contribution in [1.29, 1.82) is 0 Å². The second-order valence-electron chi connectivity index (χ2n) is 6.25. The molecule has 114 valence electrons. The van der Waals surface area contributed by atoms with Gasteiger partial charge in [-0.25, -0.2) is 0 Å². The lowest BCUT2D eigenvalue weighted by atomic mass is 10.0. The zero-order valence-corrected chi connectivity index (χ0v) is 13.1. The van der Waals surface area contributed by atoms with Crippen molar-refractivity contribution in [1.82, 2.24) is 0 Å². The number of unbranched alkanes of at least 4 members (excludes halogenated alkanes) is 3. The number of aliphatic hydroxyl groups excluding tert-OH is 1. The molecule has 0 aliphatic rings. The molecule has 0 aliphatic heterocycles. The number of carboxylic acid groups (broad SMARTS) is 1. The molecule has 2 N–H and O–H groups in total. The summed E-state index contributed by atoms with van der Waals surface area (Å²) in [7, 11) is 4.00. The minimum absolute atomic E-state index is 0.317. The Balaban J connectivity index is 4.08. The van der Waals surface area contributed by atoms with Crippen molar-refractivity contribution < 1.29 is 19.5 Å². The van der Waals surface area contributed by atoms with Crippen LogP contribution in [0.1, 0.15) is 52.4 Å². The molecular weight excluding hydrogens is 242 g/mol. The minimum atomic E-state index is -0.730. The first-order valence-electron chi connectivity index (χ1n) is 7.55. The van der Waals surface area contributed by atoms with E-state index in [9.17, 15) is 9.90 Å². The Labute approximate surface area is 118 Å². The van der Waals surface area contributed by atoms with Gasteiger partial charge in [-0.1, -0.05) is 39.5 Å². The highest BCUT2D eigenvalue weighted by molar-refractivity contribution is 5.69. The van der Waals surface area contributed by atoms with Gasteiger partial charge in [0.05, 0.1) is 20.6 Å². The molecule has 4 nitrogen and oxygen atoms in total. The third-order valence-corrected chi connectivity index (χ3v) is 3.65. The van der Waals surface area contributed by atoms with Crippen LogP contribution in [0.2, 0.25) is 0 Å². The minimum Gasteiger partial charge on any atom is -0.481 e. The number of nitrogens with zero attached hydrogens (tertiary/aromatic N) is 1. The molecule has 19 heavy (non-hydrogen) atoms. The summed E-state index contributed by atoms with van der Waals surface area (Å²) in [5.74, 6) is -1.05. The van der Waals surface area contributed by atoms with Crippen LogP contribution in [0.15, 0.2) is 0 Å². The Morgan fingerprint density at radius 1 is 1.11 bits per heavy atom. The molecule has 0 aromatic heterocycles. The molecule has 0 aromatic rings. The van der Waals surface area contributed by atoms with Crippen LogP contribution in [0.25, 0.3) is 0 Å². The highest BCUT2D eigenvalue weighted by Gasteiger charge is 2.28. The standard InChI is InChI=1S/C15H31NO3/c1-5-7-8-9-10-14(17)12-16(3,4)11-13(6-2)15(18)19/h13-14,17H,5-12H2,1-4H3/p+1. The molecule has 2 atom stereocenters. The van der Waals surface area contributed by atoms with Crippen LogP contribution in [0, 0.1) is 5.92 Å². The Kier molecular flexibility index (Phi) is 9.02. The second kappa shape index (κ2) is 9.32. The third kappa shape index (κ3) is 9.00. The first-order valence-corrected chi connectivity index (χ1v) is 7.55. The first-order chi connectivity index (χ1) is 8.82. The zero-order chi connectivity index (χ0) is 14.9. The smallest absolute Gasteiger partial charge is 0.312 e. The van der Waals surface area contributed by atoms with Gasteiger partial charge in [-0.05, 0) is 12.8 Å². The lowest BCUT2D eigenvalue weighted by Crippen LogP contribution is -2.49. The molecule has 0 radical (unpaired) electrons. The van der Waals surface area contributed by atoms with E-state index < -0.39 is 5.97 Å². The maximum Gasteiger partial charge on any atom is 0.312 e. The van der Waals surface area contributed by atoms with Crippen LogP contribution in [0.4, 0.5) is 0 Å². The van der Waals surface area contributed by atoms with Crippen LogP contribution >= 0.6 is 0 Å². The van der Waals surface area contributed by atoms with Crippen LogP contribution in [0.3, 0.4) is 0 Å². The van der Waals surface area contributed by atoms with Crippen LogP contribution in [-0.2, 0) is 4.79 Å². The topological polar surface area (TPSA) is 57.5 Å². The quantitative estimate of drug-likeness (QED) is 0.449. The monoisotopic (exact) mass is 274 g/mol. The van der Waals surface area contributed by atoms with E-state index in [1.165, 1.54) is 19.3 Å². The van der Waals surface area contributed by atoms with Crippen LogP contribution < -0.4 is 0 Å². The van der Waals surface area contributed by atoms with E-state index in [4.69, 9.17) is 5.11 Å². The van der Waals surface area contributed by atoms with Crippen molar-refractivity contribution in [3.05, 3.63) is 0 Å². The second-order valence-corrected chi connectivity index (χ2v) is 6.25. The summed E-state index contributed by atoms with van der Waals surface area (Å²) in [6.07, 6.45) is 5.81. The molecule has 0 spiro atoms. The number of rotatable bonds is 11. The van der Waals surface area contributed by atoms with Gasteiger partial charge in [-0.2, -0.15) is 0 Å². The fourth-order valence-electron chi connectivity index (χ4n) is 2.52. The van der Waals surface area contributed by atoms with Gasteiger partial charge in [0.25, 0.3) is 0 Å². The van der Waals surface area contributed by atoms with E-state index in [1.807, 2.05) is 21.0 Å². The SMILES string of the molecule is CCCCCCC(O)C[N+](C)(C)CC(CC)C(=O)O. The fraction of sp³-hybridized carbons (Fsp3) is 0.933. The van der Waals surface area contributed by atoms with Crippen molar-refractivity contribution >= 4 is 5.97 Å². The molecule has 0 saturated heterocycles. The number of likely N-dealkylation sites (N-methyl/N-ethyl adjacent to an activating group) is 1. The van der Waals surface area contributed by atoms with Gasteiger partial charge >= 0.3 is 5.97 Å². The van der Waals surface area contributed by atoms with Crippen molar-refractivity contribution in [2.75, 3.05) is 27.2 Å². The number of aliphatic hydroxyl groups is 1. The van der Waals surface area contributed by atoms with Crippen molar-refractivity contribution in [2.24, 2.45) is 5.92 Å². The largest absolute Gasteiger partial charge is 0.481 e. The number of quaternary nitrogens is 1. The predicted molar refractivity (Wildman–Crippen MR) is 78.0 cm³/mol. The zero-order valence-electron chi connectivity index (χ0n) is 13.1. The number of aliphatic carboxylic acids is 1. The van der Waals surface area contributed by atoms with Crippen LogP contribution in [0.5, 0.6) is 0 Å². The maximum atomic E-state index is 11.1. The van der Waals surface area contributed by atoms with Gasteiger partial charge in [0.1, 0.15) is 18.6 Å². The molecule has 2 unspecified atom stereocenters. The van der Waals surface area contributed by atoms with Crippen molar-refractivity contribution in [2.45, 2.75) is 58.5 Å². The Morgan fingerprint density at radius 3 is 2.21 bits per heavy atom. The molecule has 0 bridgehead atoms. The highest BCUT2D eigenvalue weighted by atomic mass is 16.4. The Hall–Kier alpha value is -0.610. The van der Waals surface area contributed by atoms with E-state index in [0.717, 1.165) is 12.8 Å². The normalized spacial score (nSPS) is 15.2. The molecule has 0 aromatic carbocycles. The number of carbonyl (C=O) groups is 1. The molecule has 0 aliphatic carbocycles. The molecular formula is C15H32NO3+. The summed E-state index contributed by atoms with van der Waals surface area (Å²) in [5, 5.41) is 19.1. The highest BCUT2D eigenvalue weighted by Crippen LogP contribution is 2.13. The Bertz CT molecular complexity index is 254. The summed E-state index contributed by atoms with van der Waals surface area (Å²) in [5.41, 5.74) is 0. The summed E-state index contributed by atoms with van der Waals surface area (Å²) >= 11 is 0. The molecule has 0 fully saturated rings. The molecule has 4 heteroatoms. The molecule has 0 saturated carbocycles. The molecule has 0 rings (SSSR count). The molecule has 0 heterocycles. The van der Waals surface area contributed by atoms with Gasteiger partial charge in [-0.3, -0.25) is 4.79 Å². The van der Waals surface area contributed by atoms with Crippen molar-refractivity contribution in [3.8, 4) is 0 Å². The maximum absolute atomic E-state index is 11.1. The average Bonchev–Trinajstić information content (AvgIpc) is 2.30. The average molecular weight is 274 g/mol. The fourth-order valence-corrected chi connectivity index (χ4v) is 2.52. The number of carboxylic acids is 1. The van der Waals surface area contributed by atoms with Gasteiger partial charge in [0.15, 0.2) is 0 Å².